The molecular weight excluding hydrogens is 317 g/mol. The third-order valence-corrected chi connectivity index (χ3v) is 3.37. The van der Waals surface area contributed by atoms with Crippen molar-refractivity contribution in [3.8, 4) is 0 Å². The molecule has 1 aromatic carbocycles. The van der Waals surface area contributed by atoms with Crippen molar-refractivity contribution in [3.63, 3.8) is 0 Å². The first kappa shape index (κ1) is 16.7. The van der Waals surface area contributed by atoms with Gasteiger partial charge in [0.25, 0.3) is 0 Å². The Bertz CT molecular complexity index is 620. The van der Waals surface area contributed by atoms with Crippen molar-refractivity contribution >= 4 is 11.6 Å². The van der Waals surface area contributed by atoms with E-state index >= 15 is 0 Å². The largest absolute Gasteiger partial charge is 0.416 e. The van der Waals surface area contributed by atoms with E-state index in [-0.39, 0.29) is 17.1 Å². The Kier molecular flexibility index (Phi) is 5.39. The van der Waals surface area contributed by atoms with E-state index in [2.05, 4.69) is 10.3 Å². The van der Waals surface area contributed by atoms with Gasteiger partial charge < -0.3 is 10.4 Å². The normalized spacial score (nSPS) is 13.1. The maximum absolute atomic E-state index is 13.1. The van der Waals surface area contributed by atoms with Crippen molar-refractivity contribution in [2.24, 2.45) is 0 Å². The zero-order valence-electron chi connectivity index (χ0n) is 11.4. The molecule has 0 aliphatic rings. The zero-order chi connectivity index (χ0) is 16.2. The number of benzene rings is 1. The average Bonchev–Trinajstić information content (AvgIpc) is 2.49. The van der Waals surface area contributed by atoms with E-state index in [4.69, 9.17) is 11.6 Å². The molecule has 0 aliphatic heterocycles. The number of nitrogens with zero attached hydrogens (tertiary/aromatic N) is 1. The molecule has 22 heavy (non-hydrogen) atoms. The highest BCUT2D eigenvalue weighted by atomic mass is 35.5. The standard InChI is InChI=1S/C15H14ClF3N2O/c16-10-4-5-12(13(7-10)15(17,18)19)14(9-22)21-8-11-3-1-2-6-20-11/h1-7,14,21-22H,8-9H2. The van der Waals surface area contributed by atoms with Crippen LogP contribution < -0.4 is 5.32 Å². The Hall–Kier alpha value is -1.63. The number of aromatic nitrogens is 1. The van der Waals surface area contributed by atoms with E-state index < -0.39 is 24.4 Å². The lowest BCUT2D eigenvalue weighted by atomic mass is 10.00. The van der Waals surface area contributed by atoms with Gasteiger partial charge in [-0.1, -0.05) is 23.7 Å². The number of alkyl halides is 3. The number of rotatable bonds is 5. The molecule has 0 bridgehead atoms. The van der Waals surface area contributed by atoms with Crippen LogP contribution in [-0.2, 0) is 12.7 Å². The average molecular weight is 331 g/mol. The van der Waals surface area contributed by atoms with Crippen LogP contribution in [0.15, 0.2) is 42.6 Å². The summed E-state index contributed by atoms with van der Waals surface area (Å²) in [7, 11) is 0. The molecule has 1 heterocycles. The minimum atomic E-state index is -4.54. The van der Waals surface area contributed by atoms with Crippen LogP contribution in [0.5, 0.6) is 0 Å². The maximum atomic E-state index is 13.1. The van der Waals surface area contributed by atoms with Crippen molar-refractivity contribution in [1.29, 1.82) is 0 Å². The minimum Gasteiger partial charge on any atom is -0.394 e. The van der Waals surface area contributed by atoms with Gasteiger partial charge in [-0.25, -0.2) is 0 Å². The van der Waals surface area contributed by atoms with Crippen LogP contribution in [0.2, 0.25) is 5.02 Å². The van der Waals surface area contributed by atoms with E-state index in [1.807, 2.05) is 0 Å². The third-order valence-electron chi connectivity index (χ3n) is 3.13. The van der Waals surface area contributed by atoms with Gasteiger partial charge >= 0.3 is 6.18 Å². The molecule has 1 atom stereocenters. The van der Waals surface area contributed by atoms with Gasteiger partial charge in [0.15, 0.2) is 0 Å². The second-order valence-corrected chi connectivity index (χ2v) is 5.10. The highest BCUT2D eigenvalue weighted by molar-refractivity contribution is 6.30. The second-order valence-electron chi connectivity index (χ2n) is 4.67. The van der Waals surface area contributed by atoms with Crippen molar-refractivity contribution in [2.45, 2.75) is 18.8 Å². The Labute approximate surface area is 130 Å². The van der Waals surface area contributed by atoms with Gasteiger partial charge in [-0.3, -0.25) is 4.98 Å². The molecular formula is C15H14ClF3N2O. The Morgan fingerprint density at radius 2 is 2.00 bits per heavy atom. The Morgan fingerprint density at radius 1 is 1.23 bits per heavy atom. The minimum absolute atomic E-state index is 0.00232. The molecule has 2 rings (SSSR count). The highest BCUT2D eigenvalue weighted by Crippen LogP contribution is 2.36. The predicted molar refractivity (Wildman–Crippen MR) is 77.4 cm³/mol. The third kappa shape index (κ3) is 4.19. The van der Waals surface area contributed by atoms with Crippen LogP contribution in [0.4, 0.5) is 13.2 Å². The number of nitrogens with one attached hydrogen (secondary N) is 1. The summed E-state index contributed by atoms with van der Waals surface area (Å²) >= 11 is 5.65. The van der Waals surface area contributed by atoms with Gasteiger partial charge in [0.1, 0.15) is 0 Å². The maximum Gasteiger partial charge on any atom is 0.416 e. The van der Waals surface area contributed by atoms with Crippen molar-refractivity contribution in [3.05, 3.63) is 64.4 Å². The lowest BCUT2D eigenvalue weighted by Crippen LogP contribution is -2.27. The molecule has 0 spiro atoms. The first-order chi connectivity index (χ1) is 10.4. The molecule has 2 aromatic rings. The quantitative estimate of drug-likeness (QED) is 0.881. The number of halogens is 4. The van der Waals surface area contributed by atoms with Crippen molar-refractivity contribution in [2.75, 3.05) is 6.61 Å². The highest BCUT2D eigenvalue weighted by Gasteiger charge is 2.35. The lowest BCUT2D eigenvalue weighted by Gasteiger charge is -2.21. The van der Waals surface area contributed by atoms with Crippen LogP contribution in [0.1, 0.15) is 22.9 Å². The fraction of sp³-hybridized carbons (Fsp3) is 0.267. The molecule has 3 nitrogen and oxygen atoms in total. The molecule has 2 N–H and O–H groups in total. The van der Waals surface area contributed by atoms with E-state index in [9.17, 15) is 18.3 Å². The molecule has 1 unspecified atom stereocenters. The summed E-state index contributed by atoms with van der Waals surface area (Å²) in [6.45, 7) is -0.233. The molecule has 0 aliphatic carbocycles. The van der Waals surface area contributed by atoms with Gasteiger partial charge in [0.05, 0.1) is 23.9 Å². The van der Waals surface area contributed by atoms with Crippen molar-refractivity contribution < 1.29 is 18.3 Å². The molecule has 0 saturated carbocycles. The summed E-state index contributed by atoms with van der Waals surface area (Å²) in [6, 6.07) is 7.91. The van der Waals surface area contributed by atoms with Crippen LogP contribution in [-0.4, -0.2) is 16.7 Å². The fourth-order valence-corrected chi connectivity index (χ4v) is 2.25. The van der Waals surface area contributed by atoms with Gasteiger partial charge in [0, 0.05) is 17.8 Å². The summed E-state index contributed by atoms with van der Waals surface area (Å²) in [5.74, 6) is 0. The lowest BCUT2D eigenvalue weighted by molar-refractivity contribution is -0.138. The topological polar surface area (TPSA) is 45.1 Å². The van der Waals surface area contributed by atoms with E-state index in [1.165, 1.54) is 12.1 Å². The van der Waals surface area contributed by atoms with Crippen LogP contribution in [0.3, 0.4) is 0 Å². The number of aliphatic hydroxyl groups is 1. The second kappa shape index (κ2) is 7.09. The van der Waals surface area contributed by atoms with Gasteiger partial charge in [-0.05, 0) is 29.8 Å². The summed E-state index contributed by atoms with van der Waals surface area (Å²) in [4.78, 5) is 4.08. The molecule has 0 amide bonds. The molecule has 7 heteroatoms. The summed E-state index contributed by atoms with van der Waals surface area (Å²) in [5, 5.41) is 12.3. The smallest absolute Gasteiger partial charge is 0.394 e. The SMILES string of the molecule is OCC(NCc1ccccn1)c1ccc(Cl)cc1C(F)(F)F. The summed E-state index contributed by atoms with van der Waals surface area (Å²) in [5.41, 5.74) is -0.230. The number of hydrogen-bond acceptors (Lipinski definition) is 3. The molecule has 1 aromatic heterocycles. The number of pyridine rings is 1. The summed E-state index contributed by atoms with van der Waals surface area (Å²) < 4.78 is 39.3. The van der Waals surface area contributed by atoms with E-state index in [1.54, 1.807) is 24.4 Å². The number of aliphatic hydroxyl groups excluding tert-OH is 1. The van der Waals surface area contributed by atoms with Crippen LogP contribution >= 0.6 is 11.6 Å². The van der Waals surface area contributed by atoms with E-state index in [0.717, 1.165) is 6.07 Å². The van der Waals surface area contributed by atoms with Crippen molar-refractivity contribution in [1.82, 2.24) is 10.3 Å². The zero-order valence-corrected chi connectivity index (χ0v) is 12.2. The first-order valence-electron chi connectivity index (χ1n) is 6.52. The van der Waals surface area contributed by atoms with E-state index in [0.29, 0.717) is 5.69 Å². The fourth-order valence-electron chi connectivity index (χ4n) is 2.08. The van der Waals surface area contributed by atoms with Gasteiger partial charge in [-0.15, -0.1) is 0 Å². The molecule has 0 fully saturated rings. The number of hydrogen-bond donors (Lipinski definition) is 2. The van der Waals surface area contributed by atoms with Gasteiger partial charge in [-0.2, -0.15) is 13.2 Å². The Morgan fingerprint density at radius 3 is 2.59 bits per heavy atom. The summed E-state index contributed by atoms with van der Waals surface area (Å²) in [6.07, 6.45) is -2.95. The predicted octanol–water partition coefficient (Wildman–Crippen LogP) is 3.58. The molecule has 0 saturated heterocycles. The molecule has 118 valence electrons. The monoisotopic (exact) mass is 330 g/mol. The van der Waals surface area contributed by atoms with Gasteiger partial charge in [0.2, 0.25) is 0 Å². The van der Waals surface area contributed by atoms with Crippen LogP contribution in [0, 0.1) is 0 Å². The molecule has 0 radical (unpaired) electrons. The van der Waals surface area contributed by atoms with Crippen LogP contribution in [0.25, 0.3) is 0 Å². The Balaban J connectivity index is 2.24. The first-order valence-corrected chi connectivity index (χ1v) is 6.90.